The summed E-state index contributed by atoms with van der Waals surface area (Å²) in [4.78, 5) is 25.9. The van der Waals surface area contributed by atoms with Crippen molar-refractivity contribution in [2.45, 2.75) is 25.9 Å². The average Bonchev–Trinajstić information content (AvgIpc) is 3.15. The number of hydrogen-bond donors (Lipinski definition) is 0. The molecule has 0 saturated carbocycles. The van der Waals surface area contributed by atoms with E-state index >= 15 is 0 Å². The number of likely N-dealkylation sites (tertiary alicyclic amines) is 1. The van der Waals surface area contributed by atoms with E-state index < -0.39 is 12.1 Å². The third-order valence-corrected chi connectivity index (χ3v) is 4.58. The first kappa shape index (κ1) is 17.5. The molecule has 6 heteroatoms. The summed E-state index contributed by atoms with van der Waals surface area (Å²) >= 11 is 6.17. The Morgan fingerprint density at radius 2 is 1.80 bits per heavy atom. The van der Waals surface area contributed by atoms with Crippen molar-refractivity contribution in [2.75, 3.05) is 19.7 Å². The molecule has 0 unspecified atom stereocenters. The molecule has 1 aliphatic heterocycles. The van der Waals surface area contributed by atoms with Crippen LogP contribution in [0.1, 0.15) is 19.8 Å². The standard InChI is InChI=1S/C19H20ClNO4/c1-13(19(23)21-10-4-5-11-21)25-18(22)12-24-17-9-8-16(20)14-6-2-3-7-15(14)17/h2-3,6-9,13H,4-5,10-12H2,1H3/t13-/m0/s1. The van der Waals surface area contributed by atoms with Gasteiger partial charge >= 0.3 is 5.97 Å². The first-order valence-corrected chi connectivity index (χ1v) is 8.72. The van der Waals surface area contributed by atoms with Gasteiger partial charge in [-0.05, 0) is 31.9 Å². The van der Waals surface area contributed by atoms with Gasteiger partial charge in [-0.1, -0.05) is 35.9 Å². The van der Waals surface area contributed by atoms with Gasteiger partial charge in [-0.15, -0.1) is 0 Å². The molecule has 1 saturated heterocycles. The molecular formula is C19H20ClNO4. The first-order valence-electron chi connectivity index (χ1n) is 8.34. The maximum absolute atomic E-state index is 12.2. The maximum Gasteiger partial charge on any atom is 0.344 e. The van der Waals surface area contributed by atoms with Gasteiger partial charge in [0.05, 0.1) is 0 Å². The third kappa shape index (κ3) is 4.04. The number of fused-ring (bicyclic) bond motifs is 1. The Morgan fingerprint density at radius 3 is 2.52 bits per heavy atom. The molecule has 25 heavy (non-hydrogen) atoms. The third-order valence-electron chi connectivity index (χ3n) is 4.25. The Labute approximate surface area is 151 Å². The second-order valence-electron chi connectivity index (χ2n) is 6.04. The molecule has 0 aromatic heterocycles. The van der Waals surface area contributed by atoms with Gasteiger partial charge in [-0.3, -0.25) is 4.79 Å². The lowest BCUT2D eigenvalue weighted by Crippen LogP contribution is -2.38. The predicted octanol–water partition coefficient (Wildman–Crippen LogP) is 3.43. The summed E-state index contributed by atoms with van der Waals surface area (Å²) in [7, 11) is 0. The maximum atomic E-state index is 12.2. The van der Waals surface area contributed by atoms with Crippen LogP contribution in [0.4, 0.5) is 0 Å². The molecule has 1 amide bonds. The lowest BCUT2D eigenvalue weighted by Gasteiger charge is -2.20. The second kappa shape index (κ2) is 7.74. The Hall–Kier alpha value is -2.27. The molecule has 1 atom stereocenters. The van der Waals surface area contributed by atoms with Gasteiger partial charge in [0.25, 0.3) is 5.91 Å². The van der Waals surface area contributed by atoms with Gasteiger partial charge in [0.1, 0.15) is 5.75 Å². The normalized spacial score (nSPS) is 15.2. The van der Waals surface area contributed by atoms with Crippen LogP contribution >= 0.6 is 11.6 Å². The van der Waals surface area contributed by atoms with Crippen LogP contribution in [0, 0.1) is 0 Å². The van der Waals surface area contributed by atoms with Gasteiger partial charge in [-0.2, -0.15) is 0 Å². The van der Waals surface area contributed by atoms with E-state index in [1.807, 2.05) is 24.3 Å². The highest BCUT2D eigenvalue weighted by molar-refractivity contribution is 6.35. The molecule has 1 fully saturated rings. The molecule has 5 nitrogen and oxygen atoms in total. The van der Waals surface area contributed by atoms with Crippen molar-refractivity contribution in [3.05, 3.63) is 41.4 Å². The quantitative estimate of drug-likeness (QED) is 0.766. The van der Waals surface area contributed by atoms with Crippen molar-refractivity contribution in [3.63, 3.8) is 0 Å². The molecule has 0 bridgehead atoms. The molecule has 1 heterocycles. The minimum atomic E-state index is -0.795. The van der Waals surface area contributed by atoms with Crippen LogP contribution in [0.5, 0.6) is 5.75 Å². The molecule has 3 rings (SSSR count). The zero-order valence-corrected chi connectivity index (χ0v) is 14.8. The molecule has 0 N–H and O–H groups in total. The number of hydrogen-bond acceptors (Lipinski definition) is 4. The Kier molecular flexibility index (Phi) is 5.43. The number of amides is 1. The van der Waals surface area contributed by atoms with E-state index in [0.29, 0.717) is 10.8 Å². The molecule has 132 valence electrons. The summed E-state index contributed by atoms with van der Waals surface area (Å²) in [5.41, 5.74) is 0. The highest BCUT2D eigenvalue weighted by Gasteiger charge is 2.26. The molecule has 0 aliphatic carbocycles. The van der Waals surface area contributed by atoms with Crippen LogP contribution in [0.15, 0.2) is 36.4 Å². The van der Waals surface area contributed by atoms with E-state index in [4.69, 9.17) is 21.1 Å². The number of carbonyl (C=O) groups is 2. The largest absolute Gasteiger partial charge is 0.481 e. The Morgan fingerprint density at radius 1 is 1.12 bits per heavy atom. The fourth-order valence-electron chi connectivity index (χ4n) is 2.97. The van der Waals surface area contributed by atoms with Crippen molar-refractivity contribution >= 4 is 34.2 Å². The Bertz CT molecular complexity index is 786. The summed E-state index contributed by atoms with van der Waals surface area (Å²) < 4.78 is 10.8. The number of benzene rings is 2. The molecule has 0 radical (unpaired) electrons. The van der Waals surface area contributed by atoms with Crippen molar-refractivity contribution in [2.24, 2.45) is 0 Å². The van der Waals surface area contributed by atoms with E-state index in [1.54, 1.807) is 24.0 Å². The fraction of sp³-hybridized carbons (Fsp3) is 0.368. The molecule has 1 aliphatic rings. The van der Waals surface area contributed by atoms with Crippen LogP contribution in [0.25, 0.3) is 10.8 Å². The van der Waals surface area contributed by atoms with Gasteiger partial charge < -0.3 is 14.4 Å². The van der Waals surface area contributed by atoms with E-state index in [2.05, 4.69) is 0 Å². The summed E-state index contributed by atoms with van der Waals surface area (Å²) in [5.74, 6) is -0.169. The topological polar surface area (TPSA) is 55.8 Å². The van der Waals surface area contributed by atoms with Crippen LogP contribution in [0.2, 0.25) is 5.02 Å². The number of ether oxygens (including phenoxy) is 2. The van der Waals surface area contributed by atoms with Gasteiger partial charge in [0, 0.05) is 28.9 Å². The van der Waals surface area contributed by atoms with E-state index in [0.717, 1.165) is 36.7 Å². The lowest BCUT2D eigenvalue weighted by atomic mass is 10.1. The first-order chi connectivity index (χ1) is 12.1. The summed E-state index contributed by atoms with van der Waals surface area (Å²) in [6.07, 6.45) is 1.20. The second-order valence-corrected chi connectivity index (χ2v) is 6.45. The number of halogens is 1. The van der Waals surface area contributed by atoms with Gasteiger partial charge in [0.15, 0.2) is 12.7 Å². The van der Waals surface area contributed by atoms with Crippen LogP contribution in [0.3, 0.4) is 0 Å². The van der Waals surface area contributed by atoms with Gasteiger partial charge in [0.2, 0.25) is 0 Å². The molecular weight excluding hydrogens is 342 g/mol. The highest BCUT2D eigenvalue weighted by atomic mass is 35.5. The smallest absolute Gasteiger partial charge is 0.344 e. The van der Waals surface area contributed by atoms with Gasteiger partial charge in [-0.25, -0.2) is 4.79 Å². The SMILES string of the molecule is C[C@H](OC(=O)COc1ccc(Cl)c2ccccc12)C(=O)N1CCCC1. The average molecular weight is 362 g/mol. The Balaban J connectivity index is 1.59. The monoisotopic (exact) mass is 361 g/mol. The van der Waals surface area contributed by atoms with Crippen molar-refractivity contribution in [1.29, 1.82) is 0 Å². The summed E-state index contributed by atoms with van der Waals surface area (Å²) in [6.45, 7) is 2.79. The molecule has 2 aromatic carbocycles. The molecule has 0 spiro atoms. The van der Waals surface area contributed by atoms with Crippen LogP contribution in [-0.2, 0) is 14.3 Å². The number of esters is 1. The predicted molar refractivity (Wildman–Crippen MR) is 95.8 cm³/mol. The fourth-order valence-corrected chi connectivity index (χ4v) is 3.20. The van der Waals surface area contributed by atoms with Crippen molar-refractivity contribution < 1.29 is 19.1 Å². The summed E-state index contributed by atoms with van der Waals surface area (Å²) in [5, 5.41) is 2.30. The zero-order chi connectivity index (χ0) is 17.8. The number of carbonyl (C=O) groups excluding carboxylic acids is 2. The van der Waals surface area contributed by atoms with E-state index in [-0.39, 0.29) is 12.5 Å². The van der Waals surface area contributed by atoms with Crippen LogP contribution in [-0.4, -0.2) is 42.6 Å². The van der Waals surface area contributed by atoms with E-state index in [9.17, 15) is 9.59 Å². The van der Waals surface area contributed by atoms with E-state index in [1.165, 1.54) is 0 Å². The zero-order valence-electron chi connectivity index (χ0n) is 14.0. The van der Waals surface area contributed by atoms with Crippen molar-refractivity contribution in [3.8, 4) is 5.75 Å². The number of nitrogens with zero attached hydrogens (tertiary/aromatic N) is 1. The lowest BCUT2D eigenvalue weighted by molar-refractivity contribution is -0.160. The van der Waals surface area contributed by atoms with Crippen LogP contribution < -0.4 is 4.74 Å². The highest BCUT2D eigenvalue weighted by Crippen LogP contribution is 2.31. The van der Waals surface area contributed by atoms with Crippen molar-refractivity contribution in [1.82, 2.24) is 4.90 Å². The minimum absolute atomic E-state index is 0.150. The number of rotatable bonds is 5. The molecule has 2 aromatic rings. The minimum Gasteiger partial charge on any atom is -0.481 e. The summed E-state index contributed by atoms with van der Waals surface area (Å²) in [6, 6.07) is 11.0.